The summed E-state index contributed by atoms with van der Waals surface area (Å²) in [6.45, 7) is 6.69. The van der Waals surface area contributed by atoms with Gasteiger partial charge >= 0.3 is 11.9 Å². The second kappa shape index (κ2) is 27.2. The van der Waals surface area contributed by atoms with Crippen molar-refractivity contribution in [3.05, 3.63) is 85.1 Å². The SMILES string of the molecule is CC1/C=C/C=C/C=C/C=C/C=C/C=C/C=C/C(OC2OC(C)C(O)C(N)C2O)CC2OC(O)(CC(O)C(O)CCC(O)CC(=O)CC(O)CC(=O)OC(C)C(C)C1O)CC(O)C2C(=O)O. The molecule has 65 heavy (non-hydrogen) atoms. The van der Waals surface area contributed by atoms with Gasteiger partial charge in [-0.05, 0) is 26.7 Å². The quantitative estimate of drug-likeness (QED) is 0.175. The number of aliphatic carboxylic acids is 1. The summed E-state index contributed by atoms with van der Waals surface area (Å²) in [6.07, 6.45) is 3.75. The van der Waals surface area contributed by atoms with Gasteiger partial charge in [0.15, 0.2) is 12.1 Å². The lowest BCUT2D eigenvalue weighted by molar-refractivity contribution is -0.310. The Balaban J connectivity index is 1.86. The van der Waals surface area contributed by atoms with Crippen LogP contribution in [0.25, 0.3) is 0 Å². The summed E-state index contributed by atoms with van der Waals surface area (Å²) in [5, 5.41) is 107. The van der Waals surface area contributed by atoms with Gasteiger partial charge in [0.1, 0.15) is 23.9 Å². The van der Waals surface area contributed by atoms with Gasteiger partial charge in [-0.2, -0.15) is 0 Å². The highest BCUT2D eigenvalue weighted by Gasteiger charge is 2.51. The van der Waals surface area contributed by atoms with Crippen molar-refractivity contribution in [2.24, 2.45) is 23.5 Å². The maximum absolute atomic E-state index is 12.7. The molecule has 0 saturated carbocycles. The van der Waals surface area contributed by atoms with Crippen LogP contribution in [-0.4, -0.2) is 160 Å². The fraction of sp³-hybridized carbons (Fsp3) is 0.638. The van der Waals surface area contributed by atoms with Crippen molar-refractivity contribution in [2.45, 2.75) is 170 Å². The lowest BCUT2D eigenvalue weighted by Gasteiger charge is -2.45. The first-order valence-corrected chi connectivity index (χ1v) is 22.2. The fourth-order valence-electron chi connectivity index (χ4n) is 7.81. The maximum Gasteiger partial charge on any atom is 0.311 e. The molecule has 0 aromatic rings. The van der Waals surface area contributed by atoms with E-state index in [-0.39, 0.29) is 25.2 Å². The van der Waals surface area contributed by atoms with Crippen molar-refractivity contribution >= 4 is 17.7 Å². The van der Waals surface area contributed by atoms with E-state index in [4.69, 9.17) is 24.7 Å². The minimum absolute atomic E-state index is 0.201. The van der Waals surface area contributed by atoms with Gasteiger partial charge in [0.25, 0.3) is 0 Å². The van der Waals surface area contributed by atoms with Gasteiger partial charge in [-0.3, -0.25) is 14.4 Å². The molecule has 0 aromatic carbocycles. The monoisotopic (exact) mass is 921 g/mol. The van der Waals surface area contributed by atoms with Gasteiger partial charge in [0.05, 0.1) is 73.5 Å². The smallest absolute Gasteiger partial charge is 0.311 e. The summed E-state index contributed by atoms with van der Waals surface area (Å²) in [5.74, 6) is -7.57. The second-order valence-electron chi connectivity index (χ2n) is 17.4. The van der Waals surface area contributed by atoms with Crippen molar-refractivity contribution in [2.75, 3.05) is 0 Å². The molecule has 2 bridgehead atoms. The number of aliphatic hydroxyl groups excluding tert-OH is 8. The first kappa shape index (κ1) is 55.6. The Hall–Kier alpha value is -3.73. The molecule has 18 nitrogen and oxygen atoms in total. The van der Waals surface area contributed by atoms with Gasteiger partial charge in [-0.1, -0.05) is 98.9 Å². The highest BCUT2D eigenvalue weighted by Crippen LogP contribution is 2.38. The lowest BCUT2D eigenvalue weighted by atomic mass is 9.82. The third-order valence-corrected chi connectivity index (χ3v) is 11.9. The van der Waals surface area contributed by atoms with Gasteiger partial charge in [-0.25, -0.2) is 0 Å². The summed E-state index contributed by atoms with van der Waals surface area (Å²) in [4.78, 5) is 37.7. The summed E-state index contributed by atoms with van der Waals surface area (Å²) >= 11 is 0. The van der Waals surface area contributed by atoms with Gasteiger partial charge in [-0.15, -0.1) is 0 Å². The normalized spacial score (nSPS) is 44.4. The molecule has 2 fully saturated rings. The molecule has 0 radical (unpaired) electrons. The molecular formula is C47H71NO17. The molecule has 3 heterocycles. The number of Topliss-reactive ketones (excluding diaryl/α,β-unsaturated/α-hetero) is 1. The van der Waals surface area contributed by atoms with Crippen LogP contribution in [0.2, 0.25) is 0 Å². The number of hydrogen-bond donors (Lipinski definition) is 11. The molecule has 0 aromatic heterocycles. The molecule has 0 aliphatic carbocycles. The minimum Gasteiger partial charge on any atom is -0.481 e. The second-order valence-corrected chi connectivity index (χ2v) is 17.4. The number of carboxylic acid groups (broad SMARTS) is 1. The number of carbonyl (C=O) groups excluding carboxylic acids is 2. The average Bonchev–Trinajstić information content (AvgIpc) is 3.21. The largest absolute Gasteiger partial charge is 0.481 e. The zero-order chi connectivity index (χ0) is 48.4. The molecule has 18 heteroatoms. The van der Waals surface area contributed by atoms with Crippen molar-refractivity contribution in [1.29, 1.82) is 0 Å². The summed E-state index contributed by atoms with van der Waals surface area (Å²) in [7, 11) is 0. The molecular weight excluding hydrogens is 851 g/mol. The van der Waals surface area contributed by atoms with Crippen LogP contribution in [0, 0.1) is 17.8 Å². The van der Waals surface area contributed by atoms with Crippen LogP contribution in [0.5, 0.6) is 0 Å². The van der Waals surface area contributed by atoms with Gasteiger partial charge < -0.3 is 75.7 Å². The van der Waals surface area contributed by atoms with Crippen LogP contribution in [0.15, 0.2) is 85.1 Å². The lowest BCUT2D eigenvalue weighted by Crippen LogP contribution is -2.61. The Morgan fingerprint density at radius 1 is 0.677 bits per heavy atom. The average molecular weight is 922 g/mol. The molecule has 366 valence electrons. The Morgan fingerprint density at radius 3 is 1.80 bits per heavy atom. The number of ketones is 1. The Bertz CT molecular complexity index is 1710. The Morgan fingerprint density at radius 2 is 1.22 bits per heavy atom. The number of fused-ring (bicyclic) bond motifs is 2. The van der Waals surface area contributed by atoms with E-state index in [1.807, 2.05) is 13.0 Å². The number of carbonyl (C=O) groups is 3. The third-order valence-electron chi connectivity index (χ3n) is 11.9. The van der Waals surface area contributed by atoms with E-state index in [2.05, 4.69) is 0 Å². The number of esters is 1. The van der Waals surface area contributed by atoms with Crippen LogP contribution in [-0.2, 0) is 33.3 Å². The van der Waals surface area contributed by atoms with Crippen LogP contribution in [0.3, 0.4) is 0 Å². The first-order valence-electron chi connectivity index (χ1n) is 22.2. The predicted molar refractivity (Wildman–Crippen MR) is 236 cm³/mol. The molecule has 0 amide bonds. The topological polar surface area (TPSA) is 316 Å². The van der Waals surface area contributed by atoms with Crippen LogP contribution in [0.4, 0.5) is 0 Å². The van der Waals surface area contributed by atoms with E-state index in [1.54, 1.807) is 86.8 Å². The number of hydrogen-bond acceptors (Lipinski definition) is 17. The molecule has 3 aliphatic rings. The highest BCUT2D eigenvalue weighted by molar-refractivity contribution is 5.80. The molecule has 3 rings (SSSR count). The number of ether oxygens (including phenoxy) is 4. The van der Waals surface area contributed by atoms with Crippen molar-refractivity contribution in [3.8, 4) is 0 Å². The van der Waals surface area contributed by atoms with Gasteiger partial charge in [0, 0.05) is 43.9 Å². The van der Waals surface area contributed by atoms with Crippen LogP contribution >= 0.6 is 0 Å². The van der Waals surface area contributed by atoms with Crippen LogP contribution < -0.4 is 5.73 Å². The predicted octanol–water partition coefficient (Wildman–Crippen LogP) is 0.920. The molecule has 18 atom stereocenters. The number of nitrogens with two attached hydrogens (primary N) is 1. The van der Waals surface area contributed by atoms with E-state index < -0.39 is 153 Å². The highest BCUT2D eigenvalue weighted by atomic mass is 16.7. The standard InChI is InChI=1S/C47H71NO17/c1-27-17-15-13-11-9-7-5-6-8-10-12-14-16-18-34(64-46-44(58)41(48)43(57)30(4)63-46)24-38-40(45(59)60)37(54)26-47(61,65-38)25-36(53)35(52)20-19-31(49)21-32(50)22-33(51)23-39(55)62-29(3)28(2)42(27)56/h5-18,27-31,33-38,40-44,46,49,51-54,56-58,61H,19-26,48H2,1-4H3,(H,59,60)/b6-5+,9-7+,10-8+,13-11+,14-12+,17-15+,18-16+. The number of allylic oxidation sites excluding steroid dienone is 12. The van der Waals surface area contributed by atoms with E-state index in [0.29, 0.717) is 0 Å². The fourth-order valence-corrected chi connectivity index (χ4v) is 7.81. The zero-order valence-corrected chi connectivity index (χ0v) is 37.5. The Kier molecular flexibility index (Phi) is 23.2. The summed E-state index contributed by atoms with van der Waals surface area (Å²) < 4.78 is 23.1. The van der Waals surface area contributed by atoms with Gasteiger partial charge in [0.2, 0.25) is 0 Å². The van der Waals surface area contributed by atoms with Crippen molar-refractivity contribution in [3.63, 3.8) is 0 Å². The van der Waals surface area contributed by atoms with E-state index in [0.717, 1.165) is 0 Å². The summed E-state index contributed by atoms with van der Waals surface area (Å²) in [6, 6.07) is -1.15. The summed E-state index contributed by atoms with van der Waals surface area (Å²) in [5.41, 5.74) is 6.01. The minimum atomic E-state index is -2.37. The molecule has 18 unspecified atom stereocenters. The maximum atomic E-state index is 12.7. The molecule has 3 aliphatic heterocycles. The number of rotatable bonds is 3. The van der Waals surface area contributed by atoms with E-state index in [9.17, 15) is 65.4 Å². The van der Waals surface area contributed by atoms with Crippen molar-refractivity contribution < 1.29 is 84.4 Å². The first-order chi connectivity index (χ1) is 30.6. The number of cyclic esters (lactones) is 1. The Labute approximate surface area is 380 Å². The molecule has 0 spiro atoms. The number of carboxylic acids is 1. The van der Waals surface area contributed by atoms with E-state index in [1.165, 1.54) is 13.0 Å². The number of aliphatic hydroxyl groups is 9. The molecule has 12 N–H and O–H groups in total. The van der Waals surface area contributed by atoms with Crippen molar-refractivity contribution in [1.82, 2.24) is 0 Å². The third kappa shape index (κ3) is 18.5. The zero-order valence-electron chi connectivity index (χ0n) is 37.5. The van der Waals surface area contributed by atoms with E-state index >= 15 is 0 Å². The molecule has 2 saturated heterocycles. The van der Waals surface area contributed by atoms with Crippen LogP contribution in [0.1, 0.15) is 79.1 Å².